The molecule has 1 N–H and O–H groups in total. The first-order valence-corrected chi connectivity index (χ1v) is 9.51. The molecule has 0 bridgehead atoms. The summed E-state index contributed by atoms with van der Waals surface area (Å²) in [5, 5.41) is 7.94. The maximum Gasteiger partial charge on any atom is 0.235 e. The van der Waals surface area contributed by atoms with Gasteiger partial charge in [-0.1, -0.05) is 17.8 Å². The number of aryl methyl sites for hydroxylation is 2. The average molecular weight is 369 g/mol. The Balaban J connectivity index is 1.68. The van der Waals surface area contributed by atoms with E-state index in [1.54, 1.807) is 23.1 Å². The van der Waals surface area contributed by atoms with Crippen LogP contribution in [-0.2, 0) is 4.79 Å². The Morgan fingerprint density at radius 1 is 1.19 bits per heavy atom. The molecular formula is C19H23N5OS. The molecule has 0 aliphatic rings. The van der Waals surface area contributed by atoms with Gasteiger partial charge in [0, 0.05) is 30.2 Å². The first-order valence-electron chi connectivity index (χ1n) is 8.52. The van der Waals surface area contributed by atoms with Crippen LogP contribution < -0.4 is 5.32 Å². The molecule has 0 spiro atoms. The first-order chi connectivity index (χ1) is 12.4. The van der Waals surface area contributed by atoms with E-state index in [2.05, 4.69) is 47.4 Å². The molecule has 6 nitrogen and oxygen atoms in total. The Hall–Kier alpha value is -2.54. The minimum absolute atomic E-state index is 0.0765. The molecule has 0 radical (unpaired) electrons. The number of imidazole rings is 1. The summed E-state index contributed by atoms with van der Waals surface area (Å²) in [4.78, 5) is 16.7. The van der Waals surface area contributed by atoms with E-state index in [0.29, 0.717) is 5.82 Å². The highest BCUT2D eigenvalue weighted by molar-refractivity contribution is 7.99. The van der Waals surface area contributed by atoms with Crippen LogP contribution in [0.2, 0.25) is 0 Å². The molecule has 26 heavy (non-hydrogen) atoms. The van der Waals surface area contributed by atoms with E-state index in [0.717, 1.165) is 10.8 Å². The molecule has 3 aromatic rings. The number of hydrogen-bond donors (Lipinski definition) is 1. The summed E-state index contributed by atoms with van der Waals surface area (Å²) in [5.74, 6) is 0.918. The van der Waals surface area contributed by atoms with E-state index in [9.17, 15) is 4.79 Å². The fraction of sp³-hybridized carbons (Fsp3) is 0.316. The van der Waals surface area contributed by atoms with E-state index in [1.807, 2.05) is 24.6 Å². The van der Waals surface area contributed by atoms with Crippen LogP contribution in [0.15, 0.2) is 48.0 Å². The summed E-state index contributed by atoms with van der Waals surface area (Å²) >= 11 is 1.41. The summed E-state index contributed by atoms with van der Waals surface area (Å²) in [6.45, 7) is 8.20. The molecule has 2 heterocycles. The van der Waals surface area contributed by atoms with Crippen molar-refractivity contribution in [3.8, 4) is 5.69 Å². The fourth-order valence-electron chi connectivity index (χ4n) is 2.82. The Morgan fingerprint density at radius 3 is 2.62 bits per heavy atom. The number of amides is 1. The van der Waals surface area contributed by atoms with Gasteiger partial charge in [-0.25, -0.2) is 9.67 Å². The first kappa shape index (κ1) is 18.3. The third-order valence-corrected chi connectivity index (χ3v) is 4.82. The molecule has 0 saturated carbocycles. The van der Waals surface area contributed by atoms with Crippen LogP contribution in [0.3, 0.4) is 0 Å². The molecule has 7 heteroatoms. The topological polar surface area (TPSA) is 64.7 Å². The van der Waals surface area contributed by atoms with Crippen LogP contribution in [0.1, 0.15) is 31.0 Å². The van der Waals surface area contributed by atoms with Crippen molar-refractivity contribution in [2.24, 2.45) is 0 Å². The molecule has 0 fully saturated rings. The van der Waals surface area contributed by atoms with Crippen molar-refractivity contribution in [2.45, 2.75) is 38.9 Å². The minimum Gasteiger partial charge on any atom is -0.310 e. The molecule has 136 valence electrons. The molecule has 0 unspecified atom stereocenters. The lowest BCUT2D eigenvalue weighted by Crippen LogP contribution is -2.18. The smallest absolute Gasteiger partial charge is 0.235 e. The number of carbonyl (C=O) groups is 1. The quantitative estimate of drug-likeness (QED) is 0.667. The van der Waals surface area contributed by atoms with Crippen molar-refractivity contribution in [1.29, 1.82) is 0 Å². The van der Waals surface area contributed by atoms with Gasteiger partial charge in [-0.3, -0.25) is 9.36 Å². The predicted molar refractivity (Wildman–Crippen MR) is 105 cm³/mol. The van der Waals surface area contributed by atoms with Gasteiger partial charge in [0.1, 0.15) is 5.82 Å². The Kier molecular flexibility index (Phi) is 5.46. The Labute approximate surface area is 157 Å². The SMILES string of the molecule is Cc1cc(C)cc(-n2ccnc2SCC(=O)Nc2ccnn2C(C)C)c1. The van der Waals surface area contributed by atoms with Crippen LogP contribution in [0.25, 0.3) is 5.69 Å². The van der Waals surface area contributed by atoms with Gasteiger partial charge in [-0.15, -0.1) is 0 Å². The molecule has 0 aliphatic heterocycles. The summed E-state index contributed by atoms with van der Waals surface area (Å²) in [6, 6.07) is 8.36. The van der Waals surface area contributed by atoms with Crippen molar-refractivity contribution < 1.29 is 4.79 Å². The van der Waals surface area contributed by atoms with E-state index in [-0.39, 0.29) is 17.7 Å². The maximum absolute atomic E-state index is 12.3. The van der Waals surface area contributed by atoms with Gasteiger partial charge in [0.05, 0.1) is 11.9 Å². The lowest BCUT2D eigenvalue weighted by atomic mass is 10.1. The van der Waals surface area contributed by atoms with Crippen LogP contribution in [0.4, 0.5) is 5.82 Å². The van der Waals surface area contributed by atoms with Crippen LogP contribution in [0.5, 0.6) is 0 Å². The Bertz CT molecular complexity index is 892. The number of thioether (sulfide) groups is 1. The molecule has 0 saturated heterocycles. The highest BCUT2D eigenvalue weighted by atomic mass is 32.2. The van der Waals surface area contributed by atoms with Gasteiger partial charge in [0.15, 0.2) is 5.16 Å². The molecule has 0 aliphatic carbocycles. The summed E-state index contributed by atoms with van der Waals surface area (Å²) in [7, 11) is 0. The number of nitrogens with one attached hydrogen (secondary N) is 1. The van der Waals surface area contributed by atoms with Gasteiger partial charge >= 0.3 is 0 Å². The van der Waals surface area contributed by atoms with Crippen molar-refractivity contribution >= 4 is 23.5 Å². The van der Waals surface area contributed by atoms with E-state index in [4.69, 9.17) is 0 Å². The van der Waals surface area contributed by atoms with E-state index < -0.39 is 0 Å². The molecule has 3 rings (SSSR count). The highest BCUT2D eigenvalue weighted by Crippen LogP contribution is 2.22. The number of hydrogen-bond acceptors (Lipinski definition) is 4. The fourth-order valence-corrected chi connectivity index (χ4v) is 3.59. The second kappa shape index (κ2) is 7.78. The lowest BCUT2D eigenvalue weighted by Gasteiger charge is -2.12. The van der Waals surface area contributed by atoms with Gasteiger partial charge < -0.3 is 5.32 Å². The van der Waals surface area contributed by atoms with Gasteiger partial charge in [0.2, 0.25) is 5.91 Å². The zero-order valence-corrected chi connectivity index (χ0v) is 16.2. The molecular weight excluding hydrogens is 346 g/mol. The van der Waals surface area contributed by atoms with Crippen LogP contribution in [0, 0.1) is 13.8 Å². The molecule has 1 amide bonds. The van der Waals surface area contributed by atoms with E-state index in [1.165, 1.54) is 22.9 Å². The summed E-state index contributed by atoms with van der Waals surface area (Å²) in [6.07, 6.45) is 5.36. The molecule has 2 aromatic heterocycles. The van der Waals surface area contributed by atoms with Gasteiger partial charge in [0.25, 0.3) is 0 Å². The monoisotopic (exact) mass is 369 g/mol. The van der Waals surface area contributed by atoms with Crippen molar-refractivity contribution in [3.63, 3.8) is 0 Å². The number of rotatable bonds is 6. The third-order valence-electron chi connectivity index (χ3n) is 3.85. The highest BCUT2D eigenvalue weighted by Gasteiger charge is 2.12. The second-order valence-corrected chi connectivity index (χ2v) is 7.46. The lowest BCUT2D eigenvalue weighted by molar-refractivity contribution is -0.113. The summed E-state index contributed by atoms with van der Waals surface area (Å²) in [5.41, 5.74) is 3.45. The third kappa shape index (κ3) is 4.16. The van der Waals surface area contributed by atoms with Crippen LogP contribution >= 0.6 is 11.8 Å². The number of anilines is 1. The normalized spacial score (nSPS) is 11.1. The summed E-state index contributed by atoms with van der Waals surface area (Å²) < 4.78 is 3.80. The Morgan fingerprint density at radius 2 is 1.92 bits per heavy atom. The largest absolute Gasteiger partial charge is 0.310 e. The average Bonchev–Trinajstić information content (AvgIpc) is 3.20. The second-order valence-electron chi connectivity index (χ2n) is 6.52. The van der Waals surface area contributed by atoms with Gasteiger partial charge in [-0.2, -0.15) is 5.10 Å². The number of nitrogens with zero attached hydrogens (tertiary/aromatic N) is 4. The van der Waals surface area contributed by atoms with Gasteiger partial charge in [-0.05, 0) is 51.0 Å². The molecule has 0 atom stereocenters. The zero-order chi connectivity index (χ0) is 18.7. The number of benzene rings is 1. The predicted octanol–water partition coefficient (Wildman–Crippen LogP) is 4.00. The zero-order valence-electron chi connectivity index (χ0n) is 15.4. The number of carbonyl (C=O) groups excluding carboxylic acids is 1. The standard InChI is InChI=1S/C19H23N5OS/c1-13(2)24-17(5-6-21-24)22-18(25)12-26-19-20-7-8-23(19)16-10-14(3)9-15(4)11-16/h5-11,13H,12H2,1-4H3,(H,22,25). The van der Waals surface area contributed by atoms with Crippen molar-refractivity contribution in [1.82, 2.24) is 19.3 Å². The van der Waals surface area contributed by atoms with Crippen molar-refractivity contribution in [3.05, 3.63) is 54.0 Å². The van der Waals surface area contributed by atoms with Crippen LogP contribution in [-0.4, -0.2) is 31.0 Å². The number of aromatic nitrogens is 4. The van der Waals surface area contributed by atoms with Crippen molar-refractivity contribution in [2.75, 3.05) is 11.1 Å². The van der Waals surface area contributed by atoms with E-state index >= 15 is 0 Å². The molecule has 1 aromatic carbocycles. The maximum atomic E-state index is 12.3. The minimum atomic E-state index is -0.0765.